The molecule has 3 aromatic rings. The zero-order valence-corrected chi connectivity index (χ0v) is 18.1. The molecule has 0 radical (unpaired) electrons. The zero-order valence-electron chi connectivity index (χ0n) is 17.3. The highest BCUT2D eigenvalue weighted by Crippen LogP contribution is 2.23. The largest absolute Gasteiger partial charge is 0.494 e. The molecule has 0 fully saturated rings. The van der Waals surface area contributed by atoms with E-state index in [1.54, 1.807) is 30.3 Å². The van der Waals surface area contributed by atoms with Crippen LogP contribution < -0.4 is 16.6 Å². The molecule has 2 aromatic carbocycles. The Balaban J connectivity index is 1.97. The number of hydrogen-bond acceptors (Lipinski definition) is 6. The number of nitrogens with one attached hydrogen (secondary N) is 1. The number of aromatic hydroxyl groups is 1. The van der Waals surface area contributed by atoms with Gasteiger partial charge in [0.25, 0.3) is 5.56 Å². The summed E-state index contributed by atoms with van der Waals surface area (Å²) in [6, 6.07) is 16.2. The van der Waals surface area contributed by atoms with Gasteiger partial charge >= 0.3 is 5.69 Å². The monoisotopic (exact) mass is 438 g/mol. The van der Waals surface area contributed by atoms with Crippen LogP contribution in [0.3, 0.4) is 0 Å². The molecule has 0 bridgehead atoms. The molecule has 2 N–H and O–H groups in total. The van der Waals surface area contributed by atoms with Gasteiger partial charge in [-0.05, 0) is 30.7 Å². The zero-order chi connectivity index (χ0) is 22.5. The molecule has 8 nitrogen and oxygen atoms in total. The molecule has 0 aliphatic heterocycles. The summed E-state index contributed by atoms with van der Waals surface area (Å²) in [7, 11) is 2.68. The minimum atomic E-state index is -0.693. The number of amides is 1. The number of aromatic nitrogens is 2. The second-order valence-electron chi connectivity index (χ2n) is 6.81. The van der Waals surface area contributed by atoms with Crippen LogP contribution >= 0.6 is 11.8 Å². The number of para-hydroxylation sites is 2. The molecule has 160 valence electrons. The molecular weight excluding hydrogens is 416 g/mol. The normalized spacial score (nSPS) is 11.4. The van der Waals surface area contributed by atoms with Crippen LogP contribution in [0.15, 0.2) is 69.2 Å². The number of aliphatic imine (C=N–C) groups is 1. The quantitative estimate of drug-likeness (QED) is 0.470. The van der Waals surface area contributed by atoms with Gasteiger partial charge in [0, 0.05) is 19.8 Å². The first-order chi connectivity index (χ1) is 14.8. The molecule has 0 aliphatic rings. The smallest absolute Gasteiger partial charge is 0.333 e. The molecule has 0 saturated carbocycles. The predicted octanol–water partition coefficient (Wildman–Crippen LogP) is 2.55. The van der Waals surface area contributed by atoms with Crippen molar-refractivity contribution in [1.29, 1.82) is 0 Å². The number of carbonyl (C=O) groups excluding carboxylic acids is 1. The van der Waals surface area contributed by atoms with Crippen LogP contribution in [-0.4, -0.2) is 30.9 Å². The molecule has 31 heavy (non-hydrogen) atoms. The van der Waals surface area contributed by atoms with E-state index in [4.69, 9.17) is 0 Å². The number of thioether (sulfide) groups is 1. The highest BCUT2D eigenvalue weighted by atomic mass is 32.2. The number of benzene rings is 2. The van der Waals surface area contributed by atoms with Gasteiger partial charge in [-0.1, -0.05) is 48.2 Å². The van der Waals surface area contributed by atoms with Gasteiger partial charge < -0.3 is 10.4 Å². The Morgan fingerprint density at radius 2 is 1.68 bits per heavy atom. The molecule has 0 atom stereocenters. The van der Waals surface area contributed by atoms with E-state index in [0.29, 0.717) is 11.4 Å². The van der Waals surface area contributed by atoms with Crippen LogP contribution in [-0.2, 0) is 18.9 Å². The Hall–Kier alpha value is -3.59. The van der Waals surface area contributed by atoms with E-state index < -0.39 is 17.1 Å². The maximum absolute atomic E-state index is 12.8. The molecule has 0 unspecified atom stereocenters. The predicted molar refractivity (Wildman–Crippen MR) is 123 cm³/mol. The van der Waals surface area contributed by atoms with E-state index in [-0.39, 0.29) is 22.3 Å². The Labute approximate surface area is 182 Å². The van der Waals surface area contributed by atoms with Crippen molar-refractivity contribution in [2.24, 2.45) is 19.1 Å². The lowest BCUT2D eigenvalue weighted by Gasteiger charge is -2.13. The fraction of sp³-hybridized carbons (Fsp3) is 0.182. The fourth-order valence-electron chi connectivity index (χ4n) is 2.83. The highest BCUT2D eigenvalue weighted by molar-refractivity contribution is 8.15. The van der Waals surface area contributed by atoms with Gasteiger partial charge in [-0.15, -0.1) is 0 Å². The number of aryl methyl sites for hydroxylation is 1. The summed E-state index contributed by atoms with van der Waals surface area (Å²) in [5.41, 5.74) is 0.663. The van der Waals surface area contributed by atoms with Gasteiger partial charge in [-0.3, -0.25) is 18.7 Å². The first-order valence-electron chi connectivity index (χ1n) is 9.41. The number of nitrogens with zero attached hydrogens (tertiary/aromatic N) is 3. The summed E-state index contributed by atoms with van der Waals surface area (Å²) < 4.78 is 1.86. The molecule has 0 saturated heterocycles. The Kier molecular flexibility index (Phi) is 6.76. The van der Waals surface area contributed by atoms with Gasteiger partial charge in [0.15, 0.2) is 0 Å². The van der Waals surface area contributed by atoms with E-state index in [1.165, 1.54) is 14.1 Å². The van der Waals surface area contributed by atoms with Crippen LogP contribution in [0, 0.1) is 6.92 Å². The van der Waals surface area contributed by atoms with Crippen molar-refractivity contribution in [3.63, 3.8) is 0 Å². The third-order valence-electron chi connectivity index (χ3n) is 4.59. The summed E-state index contributed by atoms with van der Waals surface area (Å²) >= 11 is 1.00. The summed E-state index contributed by atoms with van der Waals surface area (Å²) in [6.45, 7) is 1.89. The molecule has 1 aromatic heterocycles. The van der Waals surface area contributed by atoms with Crippen LogP contribution in [0.4, 0.5) is 11.4 Å². The SMILES string of the molecule is Cc1ccccc1NC(=O)CSC(=Nc1ccccc1)c1c(O)n(C)c(=O)n(C)c1=O. The standard InChI is InChI=1S/C22H22N4O4S/c1-14-9-7-8-12-16(14)24-17(27)13-31-19(23-15-10-5-4-6-11-15)18-20(28)25(2)22(30)26(3)21(18)29/h4-12,28H,13H2,1-3H3,(H,24,27). The van der Waals surface area contributed by atoms with Crippen LogP contribution in [0.5, 0.6) is 5.88 Å². The summed E-state index contributed by atoms with van der Waals surface area (Å²) in [5, 5.41) is 13.5. The van der Waals surface area contributed by atoms with Gasteiger partial charge in [0.05, 0.1) is 11.4 Å². The van der Waals surface area contributed by atoms with Crippen molar-refractivity contribution >= 4 is 34.1 Å². The lowest BCUT2D eigenvalue weighted by atomic mass is 10.2. The minimum Gasteiger partial charge on any atom is -0.494 e. The maximum Gasteiger partial charge on any atom is 0.333 e. The molecule has 9 heteroatoms. The van der Waals surface area contributed by atoms with Crippen molar-refractivity contribution in [2.45, 2.75) is 6.92 Å². The van der Waals surface area contributed by atoms with Gasteiger partial charge in [0.1, 0.15) is 10.6 Å². The van der Waals surface area contributed by atoms with Gasteiger partial charge in [-0.2, -0.15) is 0 Å². The van der Waals surface area contributed by atoms with Crippen molar-refractivity contribution < 1.29 is 9.90 Å². The molecule has 1 heterocycles. The van der Waals surface area contributed by atoms with Crippen LogP contribution in [0.1, 0.15) is 11.1 Å². The average Bonchev–Trinajstić information content (AvgIpc) is 2.77. The topological polar surface area (TPSA) is 106 Å². The third kappa shape index (κ3) is 4.95. The van der Waals surface area contributed by atoms with Crippen LogP contribution in [0.25, 0.3) is 0 Å². The molecular formula is C22H22N4O4S. The number of carbonyl (C=O) groups is 1. The minimum absolute atomic E-state index is 0.0502. The Morgan fingerprint density at radius 3 is 2.35 bits per heavy atom. The highest BCUT2D eigenvalue weighted by Gasteiger charge is 2.22. The second kappa shape index (κ2) is 9.48. The summed E-state index contributed by atoms with van der Waals surface area (Å²) in [4.78, 5) is 41.9. The van der Waals surface area contributed by atoms with E-state index in [2.05, 4.69) is 10.3 Å². The van der Waals surface area contributed by atoms with Crippen LogP contribution in [0.2, 0.25) is 0 Å². The second-order valence-corrected chi connectivity index (χ2v) is 7.77. The van der Waals surface area contributed by atoms with Gasteiger partial charge in [-0.25, -0.2) is 9.79 Å². The molecule has 3 rings (SSSR count). The van der Waals surface area contributed by atoms with E-state index in [9.17, 15) is 19.5 Å². The Morgan fingerprint density at radius 1 is 1.03 bits per heavy atom. The number of hydrogen-bond donors (Lipinski definition) is 2. The number of rotatable bonds is 5. The molecule has 0 aliphatic carbocycles. The lowest BCUT2D eigenvalue weighted by molar-refractivity contribution is -0.113. The summed E-state index contributed by atoms with van der Waals surface area (Å²) in [5.74, 6) is -0.846. The lowest BCUT2D eigenvalue weighted by Crippen LogP contribution is -2.39. The first kappa shape index (κ1) is 22.1. The Bertz CT molecular complexity index is 1260. The van der Waals surface area contributed by atoms with E-state index in [0.717, 1.165) is 26.5 Å². The van der Waals surface area contributed by atoms with Gasteiger partial charge in [0.2, 0.25) is 11.8 Å². The maximum atomic E-state index is 12.8. The van der Waals surface area contributed by atoms with E-state index >= 15 is 0 Å². The van der Waals surface area contributed by atoms with E-state index in [1.807, 2.05) is 31.2 Å². The van der Waals surface area contributed by atoms with Crippen molar-refractivity contribution in [3.8, 4) is 5.88 Å². The molecule has 0 spiro atoms. The third-order valence-corrected chi connectivity index (χ3v) is 5.57. The fourth-order valence-corrected chi connectivity index (χ4v) is 3.67. The first-order valence-corrected chi connectivity index (χ1v) is 10.4. The number of anilines is 1. The van der Waals surface area contributed by atoms with Crippen molar-refractivity contribution in [2.75, 3.05) is 11.1 Å². The van der Waals surface area contributed by atoms with Crippen molar-refractivity contribution in [1.82, 2.24) is 9.13 Å². The summed E-state index contributed by atoms with van der Waals surface area (Å²) in [6.07, 6.45) is 0. The van der Waals surface area contributed by atoms with Crippen molar-refractivity contribution in [3.05, 3.63) is 86.6 Å². The average molecular weight is 439 g/mol. The molecule has 1 amide bonds.